The molecule has 1 amide bonds. The summed E-state index contributed by atoms with van der Waals surface area (Å²) in [7, 11) is 0. The standard InChI is InChI=1S/C20H23ClN2O/c1-15-10-12-23(13-11-15)14-16-6-8-17(9-7-16)22-20(24)18-4-2-3-5-19(18)21/h2-9,15H,10-14H2,1H3,(H,22,24). The minimum atomic E-state index is -0.182. The Hall–Kier alpha value is -1.84. The number of halogens is 1. The van der Waals surface area contributed by atoms with Gasteiger partial charge in [0, 0.05) is 12.2 Å². The molecule has 1 fully saturated rings. The van der Waals surface area contributed by atoms with Crippen molar-refractivity contribution < 1.29 is 4.79 Å². The first-order chi connectivity index (χ1) is 11.6. The summed E-state index contributed by atoms with van der Waals surface area (Å²) in [6.07, 6.45) is 2.57. The Labute approximate surface area is 148 Å². The molecule has 0 radical (unpaired) electrons. The van der Waals surface area contributed by atoms with Gasteiger partial charge in [0.05, 0.1) is 10.6 Å². The normalized spacial score (nSPS) is 16.1. The van der Waals surface area contributed by atoms with Crippen LogP contribution in [-0.2, 0) is 6.54 Å². The van der Waals surface area contributed by atoms with E-state index in [1.54, 1.807) is 12.1 Å². The molecule has 0 aromatic heterocycles. The van der Waals surface area contributed by atoms with Gasteiger partial charge in [-0.3, -0.25) is 9.69 Å². The van der Waals surface area contributed by atoms with Crippen molar-refractivity contribution in [3.8, 4) is 0 Å². The summed E-state index contributed by atoms with van der Waals surface area (Å²) in [6.45, 7) is 5.65. The molecule has 126 valence electrons. The van der Waals surface area contributed by atoms with Crippen molar-refractivity contribution in [1.82, 2.24) is 4.90 Å². The number of nitrogens with zero attached hydrogens (tertiary/aromatic N) is 1. The van der Waals surface area contributed by atoms with Gasteiger partial charge in [-0.1, -0.05) is 42.8 Å². The van der Waals surface area contributed by atoms with E-state index in [2.05, 4.69) is 29.3 Å². The van der Waals surface area contributed by atoms with Gasteiger partial charge in [-0.2, -0.15) is 0 Å². The van der Waals surface area contributed by atoms with Crippen LogP contribution in [0.15, 0.2) is 48.5 Å². The molecular formula is C20H23ClN2O. The van der Waals surface area contributed by atoms with Gasteiger partial charge in [0.1, 0.15) is 0 Å². The van der Waals surface area contributed by atoms with Crippen LogP contribution in [0, 0.1) is 5.92 Å². The predicted octanol–water partition coefficient (Wildman–Crippen LogP) is 4.82. The monoisotopic (exact) mass is 342 g/mol. The highest BCUT2D eigenvalue weighted by Crippen LogP contribution is 2.20. The molecule has 0 bridgehead atoms. The van der Waals surface area contributed by atoms with Crippen LogP contribution in [0.4, 0.5) is 5.69 Å². The average Bonchev–Trinajstić information content (AvgIpc) is 2.59. The summed E-state index contributed by atoms with van der Waals surface area (Å²) >= 11 is 6.06. The van der Waals surface area contributed by atoms with E-state index in [0.29, 0.717) is 10.6 Å². The molecule has 2 aromatic carbocycles. The fourth-order valence-electron chi connectivity index (χ4n) is 3.02. The molecule has 2 aromatic rings. The maximum atomic E-state index is 12.3. The fourth-order valence-corrected chi connectivity index (χ4v) is 3.24. The number of benzene rings is 2. The van der Waals surface area contributed by atoms with Gasteiger partial charge in [0.2, 0.25) is 0 Å². The lowest BCUT2D eigenvalue weighted by Gasteiger charge is -2.30. The van der Waals surface area contributed by atoms with Gasteiger partial charge < -0.3 is 5.32 Å². The van der Waals surface area contributed by atoms with Crippen LogP contribution < -0.4 is 5.32 Å². The van der Waals surface area contributed by atoms with Crippen molar-refractivity contribution in [2.75, 3.05) is 18.4 Å². The number of nitrogens with one attached hydrogen (secondary N) is 1. The van der Waals surface area contributed by atoms with Crippen LogP contribution in [0.5, 0.6) is 0 Å². The van der Waals surface area contributed by atoms with Gasteiger partial charge in [0.15, 0.2) is 0 Å². The van der Waals surface area contributed by atoms with E-state index in [-0.39, 0.29) is 5.91 Å². The first-order valence-electron chi connectivity index (χ1n) is 8.49. The Morgan fingerprint density at radius 1 is 1.12 bits per heavy atom. The third-order valence-corrected chi connectivity index (χ3v) is 4.94. The molecule has 0 unspecified atom stereocenters. The van der Waals surface area contributed by atoms with Gasteiger partial charge in [-0.05, 0) is 61.7 Å². The first kappa shape index (κ1) is 17.0. The maximum absolute atomic E-state index is 12.3. The van der Waals surface area contributed by atoms with Crippen molar-refractivity contribution in [3.05, 3.63) is 64.7 Å². The van der Waals surface area contributed by atoms with Gasteiger partial charge in [-0.25, -0.2) is 0 Å². The number of likely N-dealkylation sites (tertiary alicyclic amines) is 1. The lowest BCUT2D eigenvalue weighted by Crippen LogP contribution is -2.32. The highest BCUT2D eigenvalue weighted by atomic mass is 35.5. The van der Waals surface area contributed by atoms with Crippen LogP contribution in [0.3, 0.4) is 0 Å². The van der Waals surface area contributed by atoms with Crippen molar-refractivity contribution >= 4 is 23.2 Å². The molecule has 4 heteroatoms. The molecule has 1 aliphatic heterocycles. The molecule has 1 aliphatic rings. The fraction of sp³-hybridized carbons (Fsp3) is 0.350. The van der Waals surface area contributed by atoms with Crippen LogP contribution in [0.1, 0.15) is 35.7 Å². The Kier molecular flexibility index (Phi) is 5.54. The van der Waals surface area contributed by atoms with Crippen molar-refractivity contribution in [2.45, 2.75) is 26.3 Å². The van der Waals surface area contributed by atoms with E-state index in [1.807, 2.05) is 24.3 Å². The molecular weight excluding hydrogens is 320 g/mol. The highest BCUT2D eigenvalue weighted by Gasteiger charge is 2.15. The third kappa shape index (κ3) is 4.37. The molecule has 0 spiro atoms. The van der Waals surface area contributed by atoms with Crippen molar-refractivity contribution in [2.24, 2.45) is 5.92 Å². The summed E-state index contributed by atoms with van der Waals surface area (Å²) in [5.74, 6) is 0.669. The number of carbonyl (C=O) groups is 1. The van der Waals surface area contributed by atoms with Gasteiger partial charge in [0.25, 0.3) is 5.91 Å². The number of carbonyl (C=O) groups excluding carboxylic acids is 1. The minimum Gasteiger partial charge on any atom is -0.322 e. The molecule has 24 heavy (non-hydrogen) atoms. The summed E-state index contributed by atoms with van der Waals surface area (Å²) in [6, 6.07) is 15.1. The molecule has 0 aliphatic carbocycles. The van der Waals surface area contributed by atoms with Crippen molar-refractivity contribution in [3.63, 3.8) is 0 Å². The van der Waals surface area contributed by atoms with Crippen LogP contribution in [-0.4, -0.2) is 23.9 Å². The van der Waals surface area contributed by atoms with Crippen LogP contribution in [0.2, 0.25) is 5.02 Å². The SMILES string of the molecule is CC1CCN(Cc2ccc(NC(=O)c3ccccc3Cl)cc2)CC1. The summed E-state index contributed by atoms with van der Waals surface area (Å²) in [5.41, 5.74) is 2.56. The van der Waals surface area contributed by atoms with E-state index < -0.39 is 0 Å². The van der Waals surface area contributed by atoms with Crippen LogP contribution in [0.25, 0.3) is 0 Å². The Balaban J connectivity index is 1.58. The molecule has 1 heterocycles. The molecule has 3 rings (SSSR count). The van der Waals surface area contributed by atoms with E-state index in [0.717, 1.165) is 18.2 Å². The second kappa shape index (κ2) is 7.82. The first-order valence-corrected chi connectivity index (χ1v) is 8.87. The summed E-state index contributed by atoms with van der Waals surface area (Å²) in [4.78, 5) is 14.8. The molecule has 3 nitrogen and oxygen atoms in total. The largest absolute Gasteiger partial charge is 0.322 e. The van der Waals surface area contributed by atoms with E-state index >= 15 is 0 Å². The number of amides is 1. The van der Waals surface area contributed by atoms with Crippen LogP contribution >= 0.6 is 11.6 Å². The minimum absolute atomic E-state index is 0.182. The predicted molar refractivity (Wildman–Crippen MR) is 99.5 cm³/mol. The number of hydrogen-bond acceptors (Lipinski definition) is 2. The Bertz CT molecular complexity index is 691. The number of anilines is 1. The highest BCUT2D eigenvalue weighted by molar-refractivity contribution is 6.34. The molecule has 1 saturated heterocycles. The molecule has 0 atom stereocenters. The zero-order valence-electron chi connectivity index (χ0n) is 14.0. The lowest BCUT2D eigenvalue weighted by molar-refractivity contribution is 0.102. The maximum Gasteiger partial charge on any atom is 0.257 e. The molecule has 0 saturated carbocycles. The van der Waals surface area contributed by atoms with Gasteiger partial charge in [-0.15, -0.1) is 0 Å². The zero-order chi connectivity index (χ0) is 16.9. The number of hydrogen-bond donors (Lipinski definition) is 1. The van der Waals surface area contributed by atoms with Crippen molar-refractivity contribution in [1.29, 1.82) is 0 Å². The molecule has 1 N–H and O–H groups in total. The van der Waals surface area contributed by atoms with E-state index in [9.17, 15) is 4.79 Å². The Morgan fingerprint density at radius 3 is 2.46 bits per heavy atom. The lowest BCUT2D eigenvalue weighted by atomic mass is 9.99. The summed E-state index contributed by atoms with van der Waals surface area (Å²) < 4.78 is 0. The average molecular weight is 343 g/mol. The Morgan fingerprint density at radius 2 is 1.79 bits per heavy atom. The quantitative estimate of drug-likeness (QED) is 0.863. The third-order valence-electron chi connectivity index (χ3n) is 4.61. The second-order valence-corrected chi connectivity index (χ2v) is 7.00. The van der Waals surface area contributed by atoms with E-state index in [4.69, 9.17) is 11.6 Å². The smallest absolute Gasteiger partial charge is 0.257 e. The summed E-state index contributed by atoms with van der Waals surface area (Å²) in [5, 5.41) is 3.36. The van der Waals surface area contributed by atoms with E-state index in [1.165, 1.54) is 31.5 Å². The second-order valence-electron chi connectivity index (χ2n) is 6.59. The van der Waals surface area contributed by atoms with Gasteiger partial charge >= 0.3 is 0 Å². The topological polar surface area (TPSA) is 32.3 Å². The zero-order valence-corrected chi connectivity index (χ0v) is 14.7. The number of piperidine rings is 1. The number of rotatable bonds is 4.